The zero-order chi connectivity index (χ0) is 22.8. The third-order valence-corrected chi connectivity index (χ3v) is 7.16. The second-order valence-corrected chi connectivity index (χ2v) is 9.25. The average Bonchev–Trinajstić information content (AvgIpc) is 3.47. The summed E-state index contributed by atoms with van der Waals surface area (Å²) in [5, 5.41) is 11.0. The molecule has 4 heterocycles. The molecule has 0 unspecified atom stereocenters. The number of pyridine rings is 1. The molecule has 0 spiro atoms. The van der Waals surface area contributed by atoms with Crippen LogP contribution in [0.25, 0.3) is 21.7 Å². The second-order valence-electron chi connectivity index (χ2n) is 8.16. The van der Waals surface area contributed by atoms with Crippen molar-refractivity contribution in [2.75, 3.05) is 13.1 Å². The van der Waals surface area contributed by atoms with Crippen LogP contribution in [0.5, 0.6) is 0 Å². The molecule has 3 aromatic heterocycles. The number of hydrogen-bond donors (Lipinski definition) is 2. The van der Waals surface area contributed by atoms with Gasteiger partial charge in [0.05, 0.1) is 21.6 Å². The predicted octanol–water partition coefficient (Wildman–Crippen LogP) is 4.23. The third kappa shape index (κ3) is 4.44. The molecule has 1 aliphatic heterocycles. The summed E-state index contributed by atoms with van der Waals surface area (Å²) in [6.45, 7) is 1.49. The van der Waals surface area contributed by atoms with Crippen molar-refractivity contribution in [3.05, 3.63) is 83.4 Å². The van der Waals surface area contributed by atoms with Crippen LogP contribution in [0.1, 0.15) is 27.6 Å². The summed E-state index contributed by atoms with van der Waals surface area (Å²) in [7, 11) is 1.90. The topological polar surface area (TPSA) is 71.8 Å². The fourth-order valence-corrected chi connectivity index (χ4v) is 5.45. The Morgan fingerprint density at radius 2 is 2.06 bits per heavy atom. The number of carbonyl (C=O) groups excluding carboxylic acids is 1. The van der Waals surface area contributed by atoms with Gasteiger partial charge >= 0.3 is 0 Å². The highest BCUT2D eigenvalue weighted by molar-refractivity contribution is 7.17. The fourth-order valence-electron chi connectivity index (χ4n) is 4.45. The van der Waals surface area contributed by atoms with E-state index in [0.717, 1.165) is 40.2 Å². The summed E-state index contributed by atoms with van der Waals surface area (Å²) in [5.74, 6) is -0.296. The Morgan fingerprint density at radius 3 is 2.88 bits per heavy atom. The summed E-state index contributed by atoms with van der Waals surface area (Å²) in [6.07, 6.45) is 6.19. The number of nitrogens with zero attached hydrogens (tertiary/aromatic N) is 3. The van der Waals surface area contributed by atoms with E-state index in [4.69, 9.17) is 0 Å². The lowest BCUT2D eigenvalue weighted by Crippen LogP contribution is -2.49. The van der Waals surface area contributed by atoms with Gasteiger partial charge in [0.25, 0.3) is 5.91 Å². The minimum atomic E-state index is -0.250. The summed E-state index contributed by atoms with van der Waals surface area (Å²) in [5.41, 5.74) is 3.91. The number of nitrogens with one attached hydrogen (secondary N) is 2. The quantitative estimate of drug-likeness (QED) is 0.467. The number of aromatic nitrogens is 3. The van der Waals surface area contributed by atoms with Gasteiger partial charge in [0.1, 0.15) is 5.82 Å². The van der Waals surface area contributed by atoms with Crippen molar-refractivity contribution >= 4 is 17.2 Å². The molecule has 0 bridgehead atoms. The van der Waals surface area contributed by atoms with Crippen molar-refractivity contribution in [2.24, 2.45) is 7.05 Å². The Balaban J connectivity index is 1.38. The van der Waals surface area contributed by atoms with E-state index in [1.54, 1.807) is 24.5 Å². The lowest BCUT2D eigenvalue weighted by molar-refractivity contribution is 0.0928. The zero-order valence-electron chi connectivity index (χ0n) is 18.2. The van der Waals surface area contributed by atoms with Crippen LogP contribution in [0.2, 0.25) is 0 Å². The van der Waals surface area contributed by atoms with Gasteiger partial charge in [-0.25, -0.2) is 4.39 Å². The minimum absolute atomic E-state index is 0.0701. The Labute approximate surface area is 195 Å². The van der Waals surface area contributed by atoms with Crippen LogP contribution in [0, 0.1) is 5.82 Å². The summed E-state index contributed by atoms with van der Waals surface area (Å²) in [6, 6.07) is 14.3. The Kier molecular flexibility index (Phi) is 6.02. The highest BCUT2D eigenvalue weighted by Gasteiger charge is 2.29. The fraction of sp³-hybridized carbons (Fsp3) is 0.240. The summed E-state index contributed by atoms with van der Waals surface area (Å²) in [4.78, 5) is 18.8. The molecule has 0 radical (unpaired) electrons. The van der Waals surface area contributed by atoms with Gasteiger partial charge in [0.2, 0.25) is 0 Å². The molecule has 0 aliphatic carbocycles. The van der Waals surface area contributed by atoms with E-state index in [2.05, 4.69) is 20.7 Å². The van der Waals surface area contributed by atoms with Crippen molar-refractivity contribution in [2.45, 2.75) is 18.4 Å². The van der Waals surface area contributed by atoms with Gasteiger partial charge in [0, 0.05) is 43.5 Å². The van der Waals surface area contributed by atoms with Gasteiger partial charge in [-0.05, 0) is 60.5 Å². The number of thiophene rings is 1. The van der Waals surface area contributed by atoms with E-state index >= 15 is 0 Å². The molecule has 2 N–H and O–H groups in total. The van der Waals surface area contributed by atoms with Crippen LogP contribution in [-0.4, -0.2) is 39.8 Å². The molecule has 33 heavy (non-hydrogen) atoms. The maximum absolute atomic E-state index is 13.8. The van der Waals surface area contributed by atoms with E-state index in [1.165, 1.54) is 17.4 Å². The van der Waals surface area contributed by atoms with Gasteiger partial charge in [-0.3, -0.25) is 14.5 Å². The number of hydrogen-bond acceptors (Lipinski definition) is 5. The van der Waals surface area contributed by atoms with Gasteiger partial charge < -0.3 is 10.6 Å². The van der Waals surface area contributed by atoms with Crippen molar-refractivity contribution in [3.63, 3.8) is 0 Å². The standard InChI is InChI=1S/C25H24FN5OS/c1-31-24(20(14-29-31)16-7-10-27-11-8-16)22-5-6-23(33-22)25(32)30-21-15-28-12-9-19(21)17-3-2-4-18(26)13-17/h2-8,10-11,13-14,19,21,28H,9,12,15H2,1H3,(H,30,32)/t19-,21+/m0/s1. The molecule has 6 nitrogen and oxygen atoms in total. The highest BCUT2D eigenvalue weighted by atomic mass is 32.1. The minimum Gasteiger partial charge on any atom is -0.347 e. The number of halogens is 1. The SMILES string of the molecule is Cn1ncc(-c2ccncc2)c1-c1ccc(C(=O)N[C@@H]2CNCC[C@H]2c2cccc(F)c2)s1. The van der Waals surface area contributed by atoms with Crippen LogP contribution < -0.4 is 10.6 Å². The van der Waals surface area contributed by atoms with E-state index in [-0.39, 0.29) is 23.7 Å². The number of rotatable bonds is 5. The van der Waals surface area contributed by atoms with Crippen LogP contribution >= 0.6 is 11.3 Å². The lowest BCUT2D eigenvalue weighted by atomic mass is 9.86. The van der Waals surface area contributed by atoms with Gasteiger partial charge in [-0.2, -0.15) is 5.10 Å². The van der Waals surface area contributed by atoms with E-state index in [0.29, 0.717) is 11.4 Å². The normalized spacial score (nSPS) is 18.2. The Morgan fingerprint density at radius 1 is 1.21 bits per heavy atom. The van der Waals surface area contributed by atoms with Gasteiger partial charge in [-0.15, -0.1) is 11.3 Å². The first-order valence-corrected chi connectivity index (χ1v) is 11.7. The molecule has 1 saturated heterocycles. The zero-order valence-corrected chi connectivity index (χ0v) is 19.0. The van der Waals surface area contributed by atoms with E-state index in [9.17, 15) is 9.18 Å². The first-order valence-electron chi connectivity index (χ1n) is 10.9. The summed E-state index contributed by atoms with van der Waals surface area (Å²) >= 11 is 1.44. The number of aryl methyl sites for hydroxylation is 1. The maximum Gasteiger partial charge on any atom is 0.261 e. The second kappa shape index (κ2) is 9.25. The van der Waals surface area contributed by atoms with E-state index in [1.807, 2.05) is 48.3 Å². The molecular weight excluding hydrogens is 437 g/mol. The number of amides is 1. The Hall–Kier alpha value is -3.36. The Bertz CT molecular complexity index is 1270. The molecule has 8 heteroatoms. The highest BCUT2D eigenvalue weighted by Crippen LogP contribution is 2.36. The van der Waals surface area contributed by atoms with Crippen LogP contribution in [0.3, 0.4) is 0 Å². The first kappa shape index (κ1) is 21.5. The average molecular weight is 462 g/mol. The monoisotopic (exact) mass is 461 g/mol. The largest absolute Gasteiger partial charge is 0.347 e. The predicted molar refractivity (Wildman–Crippen MR) is 128 cm³/mol. The van der Waals surface area contributed by atoms with Crippen LogP contribution in [0.15, 0.2) is 67.1 Å². The molecule has 1 fully saturated rings. The molecule has 2 atom stereocenters. The van der Waals surface area contributed by atoms with Crippen LogP contribution in [0.4, 0.5) is 4.39 Å². The third-order valence-electron chi connectivity index (χ3n) is 6.07. The van der Waals surface area contributed by atoms with Crippen LogP contribution in [-0.2, 0) is 7.05 Å². The molecule has 1 aromatic carbocycles. The number of carbonyl (C=O) groups is 1. The molecule has 1 amide bonds. The molecule has 0 saturated carbocycles. The number of benzene rings is 1. The van der Waals surface area contributed by atoms with Crippen molar-refractivity contribution < 1.29 is 9.18 Å². The molecule has 168 valence electrons. The number of piperidine rings is 1. The van der Waals surface area contributed by atoms with Crippen molar-refractivity contribution in [1.82, 2.24) is 25.4 Å². The molecular formula is C25H24FN5OS. The molecule has 5 rings (SSSR count). The first-order chi connectivity index (χ1) is 16.1. The van der Waals surface area contributed by atoms with Crippen molar-refractivity contribution in [3.8, 4) is 21.7 Å². The van der Waals surface area contributed by atoms with Crippen molar-refractivity contribution in [1.29, 1.82) is 0 Å². The van der Waals surface area contributed by atoms with Gasteiger partial charge in [-0.1, -0.05) is 12.1 Å². The molecule has 4 aromatic rings. The van der Waals surface area contributed by atoms with E-state index < -0.39 is 0 Å². The van der Waals surface area contributed by atoms with Gasteiger partial charge in [0.15, 0.2) is 0 Å². The smallest absolute Gasteiger partial charge is 0.261 e. The maximum atomic E-state index is 13.8. The molecule has 1 aliphatic rings. The lowest BCUT2D eigenvalue weighted by Gasteiger charge is -2.33. The summed E-state index contributed by atoms with van der Waals surface area (Å²) < 4.78 is 15.6.